The minimum atomic E-state index is -1.11. The van der Waals surface area contributed by atoms with Crippen LogP contribution in [0.3, 0.4) is 0 Å². The van der Waals surface area contributed by atoms with Crippen LogP contribution >= 0.6 is 0 Å². The first kappa shape index (κ1) is 12.5. The summed E-state index contributed by atoms with van der Waals surface area (Å²) in [6.45, 7) is 2.79. The molecule has 1 saturated heterocycles. The number of likely N-dealkylation sites (tertiary alicyclic amines) is 1. The van der Waals surface area contributed by atoms with Gasteiger partial charge in [0.2, 0.25) is 0 Å². The molecular formula is C13H16N2O3. The monoisotopic (exact) mass is 248 g/mol. The number of carbonyl (C=O) groups is 2. The summed E-state index contributed by atoms with van der Waals surface area (Å²) in [6.07, 6.45) is 2.94. The molecule has 1 aromatic rings. The third kappa shape index (κ3) is 2.34. The third-order valence-electron chi connectivity index (χ3n) is 3.30. The second-order valence-corrected chi connectivity index (χ2v) is 4.42. The van der Waals surface area contributed by atoms with Crippen LogP contribution in [0, 0.1) is 0 Å². The first-order chi connectivity index (χ1) is 8.63. The molecule has 96 valence electrons. The van der Waals surface area contributed by atoms with E-state index in [1.165, 1.54) is 6.07 Å². The van der Waals surface area contributed by atoms with Crippen molar-refractivity contribution in [1.29, 1.82) is 0 Å². The molecule has 2 heterocycles. The number of aromatic nitrogens is 1. The molecule has 1 aliphatic heterocycles. The minimum absolute atomic E-state index is 0.0897. The van der Waals surface area contributed by atoms with Gasteiger partial charge in [0, 0.05) is 12.6 Å². The summed E-state index contributed by atoms with van der Waals surface area (Å²) in [7, 11) is 0. The molecule has 0 unspecified atom stereocenters. The Hall–Kier alpha value is -1.91. The molecule has 1 N–H and O–H groups in total. The van der Waals surface area contributed by atoms with Crippen LogP contribution in [0.25, 0.3) is 0 Å². The number of carbonyl (C=O) groups excluding carboxylic acids is 1. The Balaban J connectivity index is 2.23. The second-order valence-electron chi connectivity index (χ2n) is 4.42. The highest BCUT2D eigenvalue weighted by Gasteiger charge is 2.28. The van der Waals surface area contributed by atoms with Crippen molar-refractivity contribution in [2.24, 2.45) is 0 Å². The zero-order valence-electron chi connectivity index (χ0n) is 10.3. The highest BCUT2D eigenvalue weighted by molar-refractivity contribution is 5.94. The number of amides is 1. The fourth-order valence-corrected chi connectivity index (χ4v) is 2.35. The fourth-order valence-electron chi connectivity index (χ4n) is 2.35. The van der Waals surface area contributed by atoms with Gasteiger partial charge >= 0.3 is 5.97 Å². The van der Waals surface area contributed by atoms with Crippen LogP contribution in [0.5, 0.6) is 0 Å². The molecule has 5 nitrogen and oxygen atoms in total. The van der Waals surface area contributed by atoms with Gasteiger partial charge in [-0.15, -0.1) is 0 Å². The van der Waals surface area contributed by atoms with E-state index >= 15 is 0 Å². The van der Waals surface area contributed by atoms with Gasteiger partial charge in [-0.2, -0.15) is 0 Å². The molecule has 1 amide bonds. The van der Waals surface area contributed by atoms with Crippen molar-refractivity contribution in [1.82, 2.24) is 9.88 Å². The Morgan fingerprint density at radius 3 is 2.83 bits per heavy atom. The molecule has 0 aliphatic carbocycles. The van der Waals surface area contributed by atoms with Crippen molar-refractivity contribution < 1.29 is 14.7 Å². The van der Waals surface area contributed by atoms with Gasteiger partial charge in [0.15, 0.2) is 0 Å². The number of hydrogen-bond donors (Lipinski definition) is 1. The van der Waals surface area contributed by atoms with Gasteiger partial charge in [0.1, 0.15) is 11.4 Å². The molecule has 1 aliphatic rings. The van der Waals surface area contributed by atoms with Crippen LogP contribution in [0.4, 0.5) is 0 Å². The topological polar surface area (TPSA) is 70.5 Å². The van der Waals surface area contributed by atoms with E-state index in [4.69, 9.17) is 5.11 Å². The Morgan fingerprint density at radius 1 is 1.44 bits per heavy atom. The van der Waals surface area contributed by atoms with Gasteiger partial charge in [-0.25, -0.2) is 9.78 Å². The lowest BCUT2D eigenvalue weighted by atomic mass is 10.1. The van der Waals surface area contributed by atoms with Crippen molar-refractivity contribution >= 4 is 11.9 Å². The maximum atomic E-state index is 12.3. The summed E-state index contributed by atoms with van der Waals surface area (Å²) in [5.41, 5.74) is 0.128. The van der Waals surface area contributed by atoms with Crippen molar-refractivity contribution in [3.8, 4) is 0 Å². The molecule has 0 radical (unpaired) electrons. The van der Waals surface area contributed by atoms with Gasteiger partial charge < -0.3 is 10.0 Å². The smallest absolute Gasteiger partial charge is 0.354 e. The quantitative estimate of drug-likeness (QED) is 0.885. The van der Waals surface area contributed by atoms with Crippen LogP contribution in [0.1, 0.15) is 47.2 Å². The average Bonchev–Trinajstić information content (AvgIpc) is 2.86. The van der Waals surface area contributed by atoms with Crippen LogP contribution in [-0.4, -0.2) is 39.5 Å². The number of aromatic carboxylic acids is 1. The summed E-state index contributed by atoms with van der Waals surface area (Å²) >= 11 is 0. The molecule has 2 rings (SSSR count). The molecule has 0 aromatic carbocycles. The average molecular weight is 248 g/mol. The largest absolute Gasteiger partial charge is 0.477 e. The molecule has 0 bridgehead atoms. The predicted octanol–water partition coefficient (Wildman–Crippen LogP) is 1.79. The molecule has 0 spiro atoms. The maximum absolute atomic E-state index is 12.3. The van der Waals surface area contributed by atoms with Crippen LogP contribution < -0.4 is 0 Å². The Kier molecular flexibility index (Phi) is 3.60. The van der Waals surface area contributed by atoms with Gasteiger partial charge in [0.05, 0.1) is 0 Å². The van der Waals surface area contributed by atoms with Crippen molar-refractivity contribution in [3.63, 3.8) is 0 Å². The van der Waals surface area contributed by atoms with Crippen LogP contribution in [-0.2, 0) is 0 Å². The molecule has 5 heteroatoms. The van der Waals surface area contributed by atoms with E-state index in [1.807, 2.05) is 0 Å². The summed E-state index contributed by atoms with van der Waals surface area (Å²) in [5.74, 6) is -1.28. The first-order valence-electron chi connectivity index (χ1n) is 6.14. The fraction of sp³-hybridized carbons (Fsp3) is 0.462. The van der Waals surface area contributed by atoms with E-state index in [1.54, 1.807) is 17.0 Å². The number of carboxylic acid groups (broad SMARTS) is 1. The SMILES string of the molecule is CC[C@H]1CCCN1C(=O)c1cccc(C(=O)O)n1. The summed E-state index contributed by atoms with van der Waals surface area (Å²) in [5, 5.41) is 8.87. The van der Waals surface area contributed by atoms with Gasteiger partial charge in [0.25, 0.3) is 5.91 Å². The lowest BCUT2D eigenvalue weighted by Gasteiger charge is -2.23. The lowest BCUT2D eigenvalue weighted by Crippen LogP contribution is -2.35. The van der Waals surface area contributed by atoms with Crippen molar-refractivity contribution in [3.05, 3.63) is 29.6 Å². The van der Waals surface area contributed by atoms with Gasteiger partial charge in [-0.1, -0.05) is 13.0 Å². The Morgan fingerprint density at radius 2 is 2.17 bits per heavy atom. The van der Waals surface area contributed by atoms with Gasteiger partial charge in [-0.3, -0.25) is 4.79 Å². The zero-order valence-corrected chi connectivity index (χ0v) is 10.3. The van der Waals surface area contributed by atoms with Crippen LogP contribution in [0.2, 0.25) is 0 Å². The highest BCUT2D eigenvalue weighted by Crippen LogP contribution is 2.21. The molecule has 1 atom stereocenters. The molecular weight excluding hydrogens is 232 g/mol. The Labute approximate surface area is 105 Å². The van der Waals surface area contributed by atoms with E-state index in [-0.39, 0.29) is 23.3 Å². The predicted molar refractivity (Wildman–Crippen MR) is 65.5 cm³/mol. The van der Waals surface area contributed by atoms with Crippen molar-refractivity contribution in [2.75, 3.05) is 6.54 Å². The number of pyridine rings is 1. The molecule has 18 heavy (non-hydrogen) atoms. The number of nitrogens with zero attached hydrogens (tertiary/aromatic N) is 2. The zero-order chi connectivity index (χ0) is 13.1. The standard InChI is InChI=1S/C13H16N2O3/c1-2-9-5-4-8-15(9)12(16)10-6-3-7-11(14-10)13(17)18/h3,6-7,9H,2,4-5,8H2,1H3,(H,17,18)/t9-/m0/s1. The third-order valence-corrected chi connectivity index (χ3v) is 3.30. The molecule has 1 fully saturated rings. The van der Waals surface area contributed by atoms with E-state index in [2.05, 4.69) is 11.9 Å². The number of rotatable bonds is 3. The maximum Gasteiger partial charge on any atom is 0.354 e. The van der Waals surface area contributed by atoms with E-state index in [0.29, 0.717) is 0 Å². The van der Waals surface area contributed by atoms with E-state index < -0.39 is 5.97 Å². The second kappa shape index (κ2) is 5.16. The number of carboxylic acids is 1. The van der Waals surface area contributed by atoms with E-state index in [9.17, 15) is 9.59 Å². The molecule has 1 aromatic heterocycles. The number of hydrogen-bond acceptors (Lipinski definition) is 3. The van der Waals surface area contributed by atoms with E-state index in [0.717, 1.165) is 25.8 Å². The highest BCUT2D eigenvalue weighted by atomic mass is 16.4. The molecule has 0 saturated carbocycles. The first-order valence-corrected chi connectivity index (χ1v) is 6.14. The lowest BCUT2D eigenvalue weighted by molar-refractivity contribution is 0.0689. The summed E-state index contributed by atoms with van der Waals surface area (Å²) in [4.78, 5) is 28.8. The van der Waals surface area contributed by atoms with Crippen molar-refractivity contribution in [2.45, 2.75) is 32.2 Å². The normalized spacial score (nSPS) is 18.9. The summed E-state index contributed by atoms with van der Waals surface area (Å²) < 4.78 is 0. The minimum Gasteiger partial charge on any atom is -0.477 e. The summed E-state index contributed by atoms with van der Waals surface area (Å²) in [6, 6.07) is 4.77. The van der Waals surface area contributed by atoms with Crippen LogP contribution in [0.15, 0.2) is 18.2 Å². The van der Waals surface area contributed by atoms with Gasteiger partial charge in [-0.05, 0) is 31.4 Å². The Bertz CT molecular complexity index is 473.